The van der Waals surface area contributed by atoms with Gasteiger partial charge in [-0.2, -0.15) is 0 Å². The molecule has 0 aliphatic heterocycles. The lowest BCUT2D eigenvalue weighted by Gasteiger charge is -2.12. The molecule has 4 nitrogen and oxygen atoms in total. The van der Waals surface area contributed by atoms with E-state index in [1.54, 1.807) is 0 Å². The maximum atomic E-state index is 11.8. The predicted molar refractivity (Wildman–Crippen MR) is 79.4 cm³/mol. The molecule has 0 heterocycles. The molecule has 2 N–H and O–H groups in total. The largest absolute Gasteiger partial charge is 0.353 e. The summed E-state index contributed by atoms with van der Waals surface area (Å²) in [5.74, 6) is 0.295. The van der Waals surface area contributed by atoms with E-state index in [1.807, 2.05) is 38.1 Å². The van der Waals surface area contributed by atoms with E-state index >= 15 is 0 Å². The Kier molecular flexibility index (Phi) is 4.77. The van der Waals surface area contributed by atoms with Gasteiger partial charge in [-0.1, -0.05) is 19.1 Å². The average molecular weight is 274 g/mol. The van der Waals surface area contributed by atoms with Crippen molar-refractivity contribution >= 4 is 17.5 Å². The zero-order valence-electron chi connectivity index (χ0n) is 12.1. The van der Waals surface area contributed by atoms with Crippen molar-refractivity contribution in [2.75, 3.05) is 5.32 Å². The summed E-state index contributed by atoms with van der Waals surface area (Å²) in [6.07, 6.45) is 3.24. The highest BCUT2D eigenvalue weighted by Gasteiger charge is 2.29. The summed E-state index contributed by atoms with van der Waals surface area (Å²) in [4.78, 5) is 23.5. The Morgan fingerprint density at radius 2 is 2.10 bits per heavy atom. The molecule has 1 atom stereocenters. The first-order valence-electron chi connectivity index (χ1n) is 7.27. The lowest BCUT2D eigenvalue weighted by atomic mass is 10.1. The Labute approximate surface area is 119 Å². The van der Waals surface area contributed by atoms with Crippen LogP contribution in [0.25, 0.3) is 0 Å². The molecule has 20 heavy (non-hydrogen) atoms. The van der Waals surface area contributed by atoms with Gasteiger partial charge in [-0.05, 0) is 43.9 Å². The summed E-state index contributed by atoms with van der Waals surface area (Å²) in [5, 5.41) is 5.84. The van der Waals surface area contributed by atoms with Gasteiger partial charge >= 0.3 is 0 Å². The molecule has 108 valence electrons. The fourth-order valence-electron chi connectivity index (χ4n) is 1.96. The van der Waals surface area contributed by atoms with Crippen LogP contribution >= 0.6 is 0 Å². The first-order valence-corrected chi connectivity index (χ1v) is 7.27. The van der Waals surface area contributed by atoms with E-state index in [-0.39, 0.29) is 23.8 Å². The Hall–Kier alpha value is -1.84. The third-order valence-electron chi connectivity index (χ3n) is 3.53. The van der Waals surface area contributed by atoms with Crippen molar-refractivity contribution in [1.29, 1.82) is 0 Å². The van der Waals surface area contributed by atoms with Crippen molar-refractivity contribution in [1.82, 2.24) is 5.32 Å². The lowest BCUT2D eigenvalue weighted by molar-refractivity contribution is -0.121. The second-order valence-electron chi connectivity index (χ2n) is 5.52. The van der Waals surface area contributed by atoms with Crippen molar-refractivity contribution in [3.05, 3.63) is 29.8 Å². The lowest BCUT2D eigenvalue weighted by Crippen LogP contribution is -2.33. The van der Waals surface area contributed by atoms with Crippen molar-refractivity contribution in [2.24, 2.45) is 5.92 Å². The highest BCUT2D eigenvalue weighted by Crippen LogP contribution is 2.30. The fourth-order valence-corrected chi connectivity index (χ4v) is 1.96. The first kappa shape index (κ1) is 14.6. The molecule has 2 amide bonds. The van der Waals surface area contributed by atoms with Gasteiger partial charge in [-0.25, -0.2) is 0 Å². The van der Waals surface area contributed by atoms with E-state index in [9.17, 15) is 9.59 Å². The monoisotopic (exact) mass is 274 g/mol. The van der Waals surface area contributed by atoms with Crippen LogP contribution in [0.2, 0.25) is 0 Å². The highest BCUT2D eigenvalue weighted by atomic mass is 16.2. The summed E-state index contributed by atoms with van der Waals surface area (Å²) in [5.41, 5.74) is 1.69. The quantitative estimate of drug-likeness (QED) is 0.837. The molecule has 1 unspecified atom stereocenters. The Balaban J connectivity index is 1.91. The maximum absolute atomic E-state index is 11.8. The summed E-state index contributed by atoms with van der Waals surface area (Å²) in [6, 6.07) is 7.70. The normalized spacial score (nSPS) is 15.5. The number of amides is 2. The number of rotatable bonds is 6. The van der Waals surface area contributed by atoms with Crippen molar-refractivity contribution < 1.29 is 9.59 Å². The van der Waals surface area contributed by atoms with Gasteiger partial charge in [0.1, 0.15) is 0 Å². The molecule has 2 rings (SSSR count). The fraction of sp³-hybridized carbons (Fsp3) is 0.500. The number of benzene rings is 1. The van der Waals surface area contributed by atoms with Crippen LogP contribution in [0.15, 0.2) is 24.3 Å². The summed E-state index contributed by atoms with van der Waals surface area (Å²) in [7, 11) is 0. The van der Waals surface area contributed by atoms with Crippen LogP contribution in [0.5, 0.6) is 0 Å². The van der Waals surface area contributed by atoms with Crippen molar-refractivity contribution in [3.63, 3.8) is 0 Å². The number of hydrogen-bond acceptors (Lipinski definition) is 2. The van der Waals surface area contributed by atoms with E-state index in [4.69, 9.17) is 0 Å². The number of carbonyl (C=O) groups is 2. The maximum Gasteiger partial charge on any atom is 0.227 e. The van der Waals surface area contributed by atoms with Gasteiger partial charge in [0.15, 0.2) is 0 Å². The standard InChI is InChI=1S/C16H22N2O2/c1-3-11(2)17-15(19)10-12-5-4-6-14(9-12)18-16(20)13-7-8-13/h4-6,9,11,13H,3,7-8,10H2,1-2H3,(H,17,19)(H,18,20). The predicted octanol–water partition coefficient (Wildman–Crippen LogP) is 2.49. The molecule has 0 radical (unpaired) electrons. The number of carbonyl (C=O) groups excluding carboxylic acids is 2. The molecule has 1 aromatic carbocycles. The van der Waals surface area contributed by atoms with E-state index in [1.165, 1.54) is 0 Å². The molecule has 0 spiro atoms. The van der Waals surface area contributed by atoms with E-state index in [2.05, 4.69) is 10.6 Å². The van der Waals surface area contributed by atoms with Crippen molar-refractivity contribution in [2.45, 2.75) is 45.6 Å². The van der Waals surface area contributed by atoms with Gasteiger partial charge in [0.05, 0.1) is 6.42 Å². The molecule has 1 fully saturated rings. The van der Waals surface area contributed by atoms with Crippen LogP contribution < -0.4 is 10.6 Å². The molecular formula is C16H22N2O2. The number of nitrogens with one attached hydrogen (secondary N) is 2. The molecule has 1 aliphatic carbocycles. The Bertz CT molecular complexity index is 495. The van der Waals surface area contributed by atoms with Gasteiger partial charge < -0.3 is 10.6 Å². The molecule has 0 aromatic heterocycles. The Morgan fingerprint density at radius 1 is 1.35 bits per heavy atom. The van der Waals surface area contributed by atoms with Crippen LogP contribution in [-0.4, -0.2) is 17.9 Å². The summed E-state index contributed by atoms with van der Waals surface area (Å²) in [6.45, 7) is 4.03. The smallest absolute Gasteiger partial charge is 0.227 e. The third kappa shape index (κ3) is 4.37. The van der Waals surface area contributed by atoms with Gasteiger partial charge in [0.2, 0.25) is 11.8 Å². The average Bonchev–Trinajstić information content (AvgIpc) is 3.23. The number of anilines is 1. The zero-order chi connectivity index (χ0) is 14.5. The van der Waals surface area contributed by atoms with Crippen molar-refractivity contribution in [3.8, 4) is 0 Å². The van der Waals surface area contributed by atoms with E-state index < -0.39 is 0 Å². The minimum Gasteiger partial charge on any atom is -0.353 e. The SMILES string of the molecule is CCC(C)NC(=O)Cc1cccc(NC(=O)C2CC2)c1. The second kappa shape index (κ2) is 6.55. The summed E-state index contributed by atoms with van der Waals surface area (Å²) < 4.78 is 0. The van der Waals surface area contributed by atoms with Gasteiger partial charge in [-0.15, -0.1) is 0 Å². The number of hydrogen-bond donors (Lipinski definition) is 2. The molecule has 0 saturated heterocycles. The topological polar surface area (TPSA) is 58.2 Å². The molecule has 1 aliphatic rings. The van der Waals surface area contributed by atoms with E-state index in [0.717, 1.165) is 30.5 Å². The zero-order valence-corrected chi connectivity index (χ0v) is 12.1. The molecule has 1 saturated carbocycles. The molecule has 1 aromatic rings. The van der Waals surface area contributed by atoms with E-state index in [0.29, 0.717) is 6.42 Å². The van der Waals surface area contributed by atoms with Crippen LogP contribution in [-0.2, 0) is 16.0 Å². The van der Waals surface area contributed by atoms with Crippen LogP contribution in [0, 0.1) is 5.92 Å². The highest BCUT2D eigenvalue weighted by molar-refractivity contribution is 5.94. The van der Waals surface area contributed by atoms with Gasteiger partial charge in [0, 0.05) is 17.6 Å². The first-order chi connectivity index (χ1) is 9.58. The van der Waals surface area contributed by atoms with Crippen LogP contribution in [0.4, 0.5) is 5.69 Å². The third-order valence-corrected chi connectivity index (χ3v) is 3.53. The summed E-state index contributed by atoms with van der Waals surface area (Å²) >= 11 is 0. The van der Waals surface area contributed by atoms with Crippen LogP contribution in [0.1, 0.15) is 38.7 Å². The van der Waals surface area contributed by atoms with Gasteiger partial charge in [-0.3, -0.25) is 9.59 Å². The Morgan fingerprint density at radius 3 is 2.75 bits per heavy atom. The minimum absolute atomic E-state index is 0.0185. The molecule has 0 bridgehead atoms. The molecular weight excluding hydrogens is 252 g/mol. The van der Waals surface area contributed by atoms with Gasteiger partial charge in [0.25, 0.3) is 0 Å². The second-order valence-corrected chi connectivity index (χ2v) is 5.52. The molecule has 4 heteroatoms. The van der Waals surface area contributed by atoms with Crippen LogP contribution in [0.3, 0.4) is 0 Å². The minimum atomic E-state index is 0.0185.